The summed E-state index contributed by atoms with van der Waals surface area (Å²) in [6, 6.07) is 7.89. The number of benzene rings is 2. The van der Waals surface area contributed by atoms with E-state index in [2.05, 4.69) is 16.8 Å². The number of sulfone groups is 1. The lowest BCUT2D eigenvalue weighted by atomic mass is 10.0. The van der Waals surface area contributed by atoms with Crippen LogP contribution in [-0.2, 0) is 16.3 Å². The molecule has 0 N–H and O–H groups in total. The van der Waals surface area contributed by atoms with Crippen LogP contribution in [0, 0.1) is 11.6 Å². The van der Waals surface area contributed by atoms with E-state index in [9.17, 15) is 17.2 Å². The molecule has 1 saturated heterocycles. The second kappa shape index (κ2) is 6.87. The quantitative estimate of drug-likeness (QED) is 0.804. The van der Waals surface area contributed by atoms with Crippen molar-refractivity contribution in [2.24, 2.45) is 0 Å². The Morgan fingerprint density at radius 1 is 0.926 bits per heavy atom. The number of nitrogens with zero attached hydrogens (tertiary/aromatic N) is 2. The van der Waals surface area contributed by atoms with Crippen LogP contribution in [0.25, 0.3) is 0 Å². The minimum Gasteiger partial charge on any atom is -0.368 e. The van der Waals surface area contributed by atoms with Crippen LogP contribution in [0.15, 0.2) is 46.2 Å². The third-order valence-electron chi connectivity index (χ3n) is 5.57. The predicted molar refractivity (Wildman–Crippen MR) is 99.8 cm³/mol. The molecule has 0 spiro atoms. The summed E-state index contributed by atoms with van der Waals surface area (Å²) in [5.74, 6) is -1.80. The van der Waals surface area contributed by atoms with Crippen molar-refractivity contribution in [2.75, 3.05) is 31.6 Å². The van der Waals surface area contributed by atoms with Gasteiger partial charge in [0.15, 0.2) is 0 Å². The van der Waals surface area contributed by atoms with Gasteiger partial charge in [-0.1, -0.05) is 0 Å². The van der Waals surface area contributed by atoms with Gasteiger partial charge in [0.25, 0.3) is 0 Å². The summed E-state index contributed by atoms with van der Waals surface area (Å²) in [5.41, 5.74) is 2.06. The van der Waals surface area contributed by atoms with Gasteiger partial charge in [-0.25, -0.2) is 17.2 Å². The third-order valence-corrected chi connectivity index (χ3v) is 7.30. The second-order valence-corrected chi connectivity index (χ2v) is 9.33. The fraction of sp³-hybridized carbons (Fsp3) is 0.400. The molecule has 0 unspecified atom stereocenters. The van der Waals surface area contributed by atoms with Gasteiger partial charge in [-0.2, -0.15) is 0 Å². The number of piperidine rings is 1. The number of hydrogen-bond donors (Lipinski definition) is 0. The molecule has 2 aliphatic rings. The van der Waals surface area contributed by atoms with Crippen molar-refractivity contribution in [3.63, 3.8) is 0 Å². The SMILES string of the molecule is CN1CCC(N2CCc3cc(S(=O)(=O)c4cc(F)cc(F)c4)ccc32)CC1. The van der Waals surface area contributed by atoms with E-state index >= 15 is 0 Å². The molecule has 0 amide bonds. The van der Waals surface area contributed by atoms with Crippen molar-refractivity contribution < 1.29 is 17.2 Å². The largest absolute Gasteiger partial charge is 0.368 e. The molecule has 0 atom stereocenters. The number of anilines is 1. The Hall–Kier alpha value is -1.99. The van der Waals surface area contributed by atoms with Crippen LogP contribution >= 0.6 is 0 Å². The molecule has 2 aliphatic heterocycles. The number of likely N-dealkylation sites (tertiary alicyclic amines) is 1. The van der Waals surface area contributed by atoms with Crippen molar-refractivity contribution in [2.45, 2.75) is 35.1 Å². The first-order valence-corrected chi connectivity index (χ1v) is 10.6. The van der Waals surface area contributed by atoms with Crippen molar-refractivity contribution >= 4 is 15.5 Å². The van der Waals surface area contributed by atoms with E-state index in [0.29, 0.717) is 12.1 Å². The average Bonchev–Trinajstić information content (AvgIpc) is 3.05. The first-order chi connectivity index (χ1) is 12.8. The smallest absolute Gasteiger partial charge is 0.206 e. The standard InChI is InChI=1S/C20H22F2N2O2S/c1-23-7-5-17(6-8-23)24-9-4-14-10-18(2-3-20(14)24)27(25,26)19-12-15(21)11-16(22)13-19/h2-3,10-13,17H,4-9H2,1H3. The lowest BCUT2D eigenvalue weighted by Crippen LogP contribution is -2.43. The summed E-state index contributed by atoms with van der Waals surface area (Å²) in [6.07, 6.45) is 2.97. The molecule has 4 nitrogen and oxygen atoms in total. The maximum absolute atomic E-state index is 13.5. The molecule has 7 heteroatoms. The number of hydrogen-bond acceptors (Lipinski definition) is 4. The Bertz CT molecular complexity index is 950. The lowest BCUT2D eigenvalue weighted by Gasteiger charge is -2.36. The highest BCUT2D eigenvalue weighted by Gasteiger charge is 2.30. The van der Waals surface area contributed by atoms with Gasteiger partial charge in [-0.3, -0.25) is 0 Å². The van der Waals surface area contributed by atoms with Crippen LogP contribution in [0.4, 0.5) is 14.5 Å². The van der Waals surface area contributed by atoms with Crippen LogP contribution in [0.5, 0.6) is 0 Å². The molecule has 144 valence electrons. The molecule has 27 heavy (non-hydrogen) atoms. The van der Waals surface area contributed by atoms with Gasteiger partial charge >= 0.3 is 0 Å². The zero-order valence-electron chi connectivity index (χ0n) is 15.2. The molecule has 2 heterocycles. The molecule has 0 bridgehead atoms. The van der Waals surface area contributed by atoms with Crippen molar-refractivity contribution in [3.8, 4) is 0 Å². The number of fused-ring (bicyclic) bond motifs is 1. The molecule has 0 radical (unpaired) electrons. The maximum atomic E-state index is 13.5. The van der Waals surface area contributed by atoms with E-state index in [0.717, 1.165) is 62.3 Å². The van der Waals surface area contributed by atoms with Crippen LogP contribution in [0.1, 0.15) is 18.4 Å². The Labute approximate surface area is 158 Å². The Kier molecular flexibility index (Phi) is 4.68. The van der Waals surface area contributed by atoms with Gasteiger partial charge in [0.05, 0.1) is 9.79 Å². The Morgan fingerprint density at radius 2 is 1.59 bits per heavy atom. The lowest BCUT2D eigenvalue weighted by molar-refractivity contribution is 0.251. The summed E-state index contributed by atoms with van der Waals surface area (Å²) in [5, 5.41) is 0. The van der Waals surface area contributed by atoms with Crippen LogP contribution in [0.2, 0.25) is 0 Å². The maximum Gasteiger partial charge on any atom is 0.206 e. The van der Waals surface area contributed by atoms with E-state index in [-0.39, 0.29) is 9.79 Å². The van der Waals surface area contributed by atoms with E-state index in [4.69, 9.17) is 0 Å². The normalized spacial score (nSPS) is 18.7. The number of rotatable bonds is 3. The Morgan fingerprint density at radius 3 is 2.26 bits per heavy atom. The molecule has 0 aromatic heterocycles. The summed E-state index contributed by atoms with van der Waals surface area (Å²) in [6.45, 7) is 3.00. The summed E-state index contributed by atoms with van der Waals surface area (Å²) in [7, 11) is -1.83. The zero-order valence-corrected chi connectivity index (χ0v) is 16.0. The molecule has 0 saturated carbocycles. The van der Waals surface area contributed by atoms with Gasteiger partial charge in [-0.15, -0.1) is 0 Å². The molecule has 4 rings (SSSR count). The minimum absolute atomic E-state index is 0.0801. The molecule has 2 aromatic rings. The average molecular weight is 392 g/mol. The molecular weight excluding hydrogens is 370 g/mol. The highest BCUT2D eigenvalue weighted by atomic mass is 32.2. The van der Waals surface area contributed by atoms with Crippen molar-refractivity contribution in [1.29, 1.82) is 0 Å². The highest BCUT2D eigenvalue weighted by Crippen LogP contribution is 2.35. The Balaban J connectivity index is 1.64. The molecular formula is C20H22F2N2O2S. The van der Waals surface area contributed by atoms with Crippen LogP contribution < -0.4 is 4.90 Å². The van der Waals surface area contributed by atoms with Gasteiger partial charge in [-0.05, 0) is 75.3 Å². The molecule has 1 fully saturated rings. The van der Waals surface area contributed by atoms with Gasteiger partial charge in [0.2, 0.25) is 9.84 Å². The van der Waals surface area contributed by atoms with E-state index in [1.54, 1.807) is 12.1 Å². The first-order valence-electron chi connectivity index (χ1n) is 9.14. The van der Waals surface area contributed by atoms with Crippen molar-refractivity contribution in [1.82, 2.24) is 4.90 Å². The van der Waals surface area contributed by atoms with E-state index in [1.165, 1.54) is 0 Å². The highest BCUT2D eigenvalue weighted by molar-refractivity contribution is 7.91. The topological polar surface area (TPSA) is 40.6 Å². The van der Waals surface area contributed by atoms with Gasteiger partial charge in [0, 0.05) is 24.3 Å². The van der Waals surface area contributed by atoms with Crippen LogP contribution in [0.3, 0.4) is 0 Å². The summed E-state index contributed by atoms with van der Waals surface area (Å²) in [4.78, 5) is 4.42. The predicted octanol–water partition coefficient (Wildman–Crippen LogP) is 3.25. The summed E-state index contributed by atoms with van der Waals surface area (Å²) < 4.78 is 52.5. The zero-order chi connectivity index (χ0) is 19.2. The van der Waals surface area contributed by atoms with Gasteiger partial charge in [0.1, 0.15) is 11.6 Å². The number of halogens is 2. The molecule has 2 aromatic carbocycles. The van der Waals surface area contributed by atoms with E-state index < -0.39 is 21.5 Å². The summed E-state index contributed by atoms with van der Waals surface area (Å²) >= 11 is 0. The van der Waals surface area contributed by atoms with Crippen molar-refractivity contribution in [3.05, 3.63) is 53.6 Å². The fourth-order valence-corrected chi connectivity index (χ4v) is 5.43. The monoisotopic (exact) mass is 392 g/mol. The fourth-order valence-electron chi connectivity index (χ4n) is 4.08. The van der Waals surface area contributed by atoms with E-state index in [1.807, 2.05) is 6.07 Å². The van der Waals surface area contributed by atoms with Gasteiger partial charge < -0.3 is 9.80 Å². The minimum atomic E-state index is -3.96. The van der Waals surface area contributed by atoms with Crippen LogP contribution in [-0.4, -0.2) is 46.0 Å². The first kappa shape index (κ1) is 18.4. The third kappa shape index (κ3) is 3.46. The second-order valence-electron chi connectivity index (χ2n) is 7.38. The molecule has 0 aliphatic carbocycles.